The first-order chi connectivity index (χ1) is 33.4. The van der Waals surface area contributed by atoms with Crippen LogP contribution in [0, 0.1) is 0 Å². The van der Waals surface area contributed by atoms with Crippen LogP contribution in [0.2, 0.25) is 0 Å². The Kier molecular flexibility index (Phi) is 47.6. The molecule has 0 radical (unpaired) electrons. The zero-order valence-corrected chi connectivity index (χ0v) is 47.9. The van der Waals surface area contributed by atoms with E-state index in [2.05, 4.69) is 44.4 Å². The summed E-state index contributed by atoms with van der Waals surface area (Å²) < 4.78 is 12.1. The van der Waals surface area contributed by atoms with Gasteiger partial charge in [-0.3, -0.25) is 9.59 Å². The molecule has 1 rings (SSSR count). The molecule has 8 heteroatoms. The van der Waals surface area contributed by atoms with Crippen LogP contribution in [0.1, 0.15) is 304 Å². The number of likely N-dealkylation sites (tertiary alicyclic amines) is 1. The smallest absolute Gasteiger partial charge is 0.306 e. The summed E-state index contributed by atoms with van der Waals surface area (Å²) in [4.78, 5) is 31.2. The summed E-state index contributed by atoms with van der Waals surface area (Å²) in [5.41, 5.74) is 1.37. The number of hydrogen-bond acceptors (Lipinski definition) is 8. The van der Waals surface area contributed by atoms with Crippen molar-refractivity contribution in [2.75, 3.05) is 37.7 Å². The first-order valence-electron chi connectivity index (χ1n) is 30.2. The highest BCUT2D eigenvalue weighted by Gasteiger charge is 2.21. The molecule has 0 atom stereocenters. The number of nitrogens with zero attached hydrogens (tertiary/aromatic N) is 2. The highest BCUT2D eigenvalue weighted by Crippen LogP contribution is 2.29. The van der Waals surface area contributed by atoms with Gasteiger partial charge in [-0.25, -0.2) is 0 Å². The van der Waals surface area contributed by atoms with E-state index in [9.17, 15) is 9.59 Å². The van der Waals surface area contributed by atoms with Crippen molar-refractivity contribution in [3.63, 3.8) is 0 Å². The average molecular weight is 994 g/mol. The van der Waals surface area contributed by atoms with Crippen molar-refractivity contribution in [2.24, 2.45) is 0 Å². The number of rotatable bonds is 53. The van der Waals surface area contributed by atoms with Crippen LogP contribution in [0.15, 0.2) is 12.3 Å². The lowest BCUT2D eigenvalue weighted by Gasteiger charge is -2.36. The number of carbonyl (C=O) groups is 2. The highest BCUT2D eigenvalue weighted by molar-refractivity contribution is 8.76. The third kappa shape index (κ3) is 39.7. The first-order valence-corrected chi connectivity index (χ1v) is 32.7. The second kappa shape index (κ2) is 49.7. The van der Waals surface area contributed by atoms with E-state index in [1.807, 2.05) is 21.6 Å². The minimum absolute atomic E-state index is 0.0387. The molecule has 0 aliphatic carbocycles. The van der Waals surface area contributed by atoms with Crippen LogP contribution >= 0.6 is 21.6 Å². The minimum Gasteiger partial charge on any atom is -0.462 e. The van der Waals surface area contributed by atoms with Crippen LogP contribution in [0.25, 0.3) is 0 Å². The van der Waals surface area contributed by atoms with E-state index in [0.29, 0.717) is 18.9 Å². The number of unbranched alkanes of at least 4 members (excludes halogenated alkanes) is 23. The molecular weight excluding hydrogens is 877 g/mol. The van der Waals surface area contributed by atoms with Crippen LogP contribution < -0.4 is 0 Å². The molecule has 402 valence electrons. The normalized spacial score (nSPS) is 13.1. The molecule has 1 fully saturated rings. The fourth-order valence-electron chi connectivity index (χ4n) is 10.1. The quantitative estimate of drug-likeness (QED) is 0.0339. The molecule has 1 heterocycles. The van der Waals surface area contributed by atoms with Gasteiger partial charge in [-0.2, -0.15) is 0 Å². The minimum atomic E-state index is 0.0387. The maximum Gasteiger partial charge on any atom is 0.306 e. The molecule has 0 amide bonds. The Hall–Kier alpha value is -0.860. The van der Waals surface area contributed by atoms with Gasteiger partial charge in [0.15, 0.2) is 0 Å². The second-order valence-corrected chi connectivity index (χ2v) is 23.7. The Morgan fingerprint density at radius 2 is 0.824 bits per heavy atom. The predicted molar refractivity (Wildman–Crippen MR) is 303 cm³/mol. The van der Waals surface area contributed by atoms with Crippen molar-refractivity contribution in [3.8, 4) is 0 Å². The molecule has 0 N–H and O–H groups in total. The van der Waals surface area contributed by atoms with Gasteiger partial charge in [0.1, 0.15) is 12.2 Å². The van der Waals surface area contributed by atoms with Gasteiger partial charge in [0.05, 0.1) is 0 Å². The molecule has 1 aliphatic heterocycles. The molecule has 68 heavy (non-hydrogen) atoms. The number of hydrogen-bond donors (Lipinski definition) is 0. The number of carbonyl (C=O) groups excluding carboxylic acids is 2. The van der Waals surface area contributed by atoms with E-state index in [1.165, 1.54) is 230 Å². The van der Waals surface area contributed by atoms with Crippen molar-refractivity contribution in [3.05, 3.63) is 12.3 Å². The van der Waals surface area contributed by atoms with Crippen LogP contribution in [0.4, 0.5) is 0 Å². The molecule has 0 aromatic carbocycles. The molecular formula is C60H116N2O4S2. The lowest BCUT2D eigenvalue weighted by Crippen LogP contribution is -2.37. The standard InChI is InChI=1S/C60H116N2O4S2/c1-7-12-17-31-42-57(43-32-18-13-8-2)65-59(63)46-35-27-23-21-25-29-40-56(62(52-39-51-61-49-37-38-50-61)55(6)48-54-68-67-53-16-11-5)41-30-26-22-24-28-36-47-60(64)66-58(44-33-19-14-9-3)45-34-20-15-10-4/h56-58H,6-54H2,1-5H3. The van der Waals surface area contributed by atoms with E-state index in [-0.39, 0.29) is 24.1 Å². The predicted octanol–water partition coefficient (Wildman–Crippen LogP) is 19.2. The summed E-state index contributed by atoms with van der Waals surface area (Å²) in [5, 5.41) is 0. The summed E-state index contributed by atoms with van der Waals surface area (Å²) >= 11 is 0. The number of ether oxygens (including phenoxy) is 2. The van der Waals surface area contributed by atoms with E-state index in [0.717, 1.165) is 70.1 Å². The van der Waals surface area contributed by atoms with Crippen LogP contribution in [0.5, 0.6) is 0 Å². The Labute approximate surface area is 432 Å². The van der Waals surface area contributed by atoms with Crippen molar-refractivity contribution in [2.45, 2.75) is 323 Å². The topological polar surface area (TPSA) is 59.1 Å². The Bertz CT molecular complexity index is 1040. The van der Waals surface area contributed by atoms with Gasteiger partial charge in [-0.15, -0.1) is 0 Å². The van der Waals surface area contributed by atoms with Crippen molar-refractivity contribution in [1.82, 2.24) is 9.80 Å². The third-order valence-electron chi connectivity index (χ3n) is 14.5. The van der Waals surface area contributed by atoms with Crippen LogP contribution in [-0.2, 0) is 19.1 Å². The molecule has 6 nitrogen and oxygen atoms in total. The summed E-state index contributed by atoms with van der Waals surface area (Å²) in [6.07, 6.45) is 49.8. The molecule has 0 aromatic rings. The molecule has 0 aromatic heterocycles. The highest BCUT2D eigenvalue weighted by atomic mass is 33.1. The summed E-state index contributed by atoms with van der Waals surface area (Å²) in [7, 11) is 4.09. The van der Waals surface area contributed by atoms with Crippen LogP contribution in [-0.4, -0.2) is 77.7 Å². The molecule has 1 aliphatic rings. The number of allylic oxidation sites excluding steroid dienone is 1. The third-order valence-corrected chi connectivity index (χ3v) is 17.0. The van der Waals surface area contributed by atoms with E-state index in [1.54, 1.807) is 0 Å². The van der Waals surface area contributed by atoms with Crippen molar-refractivity contribution >= 4 is 33.5 Å². The van der Waals surface area contributed by atoms with Gasteiger partial charge in [0, 0.05) is 42.6 Å². The molecule has 0 bridgehead atoms. The maximum absolute atomic E-state index is 12.9. The SMILES string of the molecule is C=C(CCSSCCCC)N(CCCN1CCCC1)C(CCCCCCCCC(=O)OC(CCCCCC)CCCCCC)CCCCCCCCC(=O)OC(CCCCCC)CCCCCC. The zero-order chi connectivity index (χ0) is 49.4. The zero-order valence-electron chi connectivity index (χ0n) is 46.2. The molecule has 0 unspecified atom stereocenters. The van der Waals surface area contributed by atoms with E-state index in [4.69, 9.17) is 16.1 Å². The lowest BCUT2D eigenvalue weighted by molar-refractivity contribution is -0.151. The van der Waals surface area contributed by atoms with Gasteiger partial charge < -0.3 is 19.3 Å². The largest absolute Gasteiger partial charge is 0.462 e. The average Bonchev–Trinajstić information content (AvgIpc) is 3.86. The molecule has 0 saturated carbocycles. The van der Waals surface area contributed by atoms with Gasteiger partial charge in [0.2, 0.25) is 0 Å². The second-order valence-electron chi connectivity index (χ2n) is 21.0. The van der Waals surface area contributed by atoms with Crippen LogP contribution in [0.3, 0.4) is 0 Å². The van der Waals surface area contributed by atoms with Gasteiger partial charge in [-0.1, -0.05) is 210 Å². The lowest BCUT2D eigenvalue weighted by atomic mass is 9.97. The summed E-state index contributed by atoms with van der Waals surface area (Å²) in [6.45, 7) is 21.0. The van der Waals surface area contributed by atoms with Gasteiger partial charge in [0.25, 0.3) is 0 Å². The summed E-state index contributed by atoms with van der Waals surface area (Å²) in [5.74, 6) is 2.48. The van der Waals surface area contributed by atoms with Gasteiger partial charge in [-0.05, 0) is 129 Å². The Balaban J connectivity index is 2.69. The van der Waals surface area contributed by atoms with Crippen molar-refractivity contribution in [1.29, 1.82) is 0 Å². The fraction of sp³-hybridized carbons (Fsp3) is 0.933. The maximum atomic E-state index is 12.9. The Morgan fingerprint density at radius 1 is 0.456 bits per heavy atom. The number of esters is 2. The summed E-state index contributed by atoms with van der Waals surface area (Å²) in [6, 6.07) is 0.567. The molecule has 1 saturated heterocycles. The Morgan fingerprint density at radius 3 is 1.25 bits per heavy atom. The first kappa shape index (κ1) is 65.2. The van der Waals surface area contributed by atoms with E-state index >= 15 is 0 Å². The van der Waals surface area contributed by atoms with Crippen molar-refractivity contribution < 1.29 is 19.1 Å². The molecule has 0 spiro atoms. The van der Waals surface area contributed by atoms with Gasteiger partial charge >= 0.3 is 11.9 Å². The monoisotopic (exact) mass is 993 g/mol. The van der Waals surface area contributed by atoms with E-state index < -0.39 is 0 Å². The fourth-order valence-corrected chi connectivity index (χ4v) is 12.3.